The van der Waals surface area contributed by atoms with Gasteiger partial charge in [0.2, 0.25) is 0 Å². The largest absolute Gasteiger partial charge is 0.326 e. The van der Waals surface area contributed by atoms with Crippen molar-refractivity contribution in [3.05, 3.63) is 45.7 Å². The van der Waals surface area contributed by atoms with Gasteiger partial charge in [-0.15, -0.1) is 0 Å². The Balaban J connectivity index is 2.58. The Kier molecular flexibility index (Phi) is 3.19. The Labute approximate surface area is 104 Å². The second-order valence-corrected chi connectivity index (χ2v) is 4.27. The van der Waals surface area contributed by atoms with Crippen molar-refractivity contribution in [3.8, 4) is 5.69 Å². The van der Waals surface area contributed by atoms with E-state index in [4.69, 9.17) is 28.9 Å². The molecule has 0 saturated carbocycles. The van der Waals surface area contributed by atoms with E-state index in [0.717, 1.165) is 11.3 Å². The average Bonchev–Trinajstić information content (AvgIpc) is 2.59. The Morgan fingerprint density at radius 2 is 1.94 bits per heavy atom. The SMILES string of the molecule is Cc1nn(-c2c(Cl)cccc2Cl)cc1CN. The summed E-state index contributed by atoms with van der Waals surface area (Å²) in [6, 6.07) is 5.36. The van der Waals surface area contributed by atoms with E-state index < -0.39 is 0 Å². The van der Waals surface area contributed by atoms with Gasteiger partial charge in [-0.3, -0.25) is 0 Å². The van der Waals surface area contributed by atoms with E-state index in [1.807, 2.05) is 13.1 Å². The van der Waals surface area contributed by atoms with Crippen LogP contribution in [0.3, 0.4) is 0 Å². The maximum atomic E-state index is 6.09. The normalized spacial score (nSPS) is 10.8. The van der Waals surface area contributed by atoms with Crippen molar-refractivity contribution in [2.24, 2.45) is 5.73 Å². The molecule has 1 aromatic carbocycles. The van der Waals surface area contributed by atoms with Gasteiger partial charge in [0.05, 0.1) is 15.7 Å². The summed E-state index contributed by atoms with van der Waals surface area (Å²) in [4.78, 5) is 0. The third-order valence-electron chi connectivity index (χ3n) is 2.39. The molecular formula is C11H11Cl2N3. The highest BCUT2D eigenvalue weighted by atomic mass is 35.5. The second kappa shape index (κ2) is 4.45. The summed E-state index contributed by atoms with van der Waals surface area (Å²) in [5.74, 6) is 0. The number of hydrogen-bond donors (Lipinski definition) is 1. The lowest BCUT2D eigenvalue weighted by Crippen LogP contribution is -1.97. The van der Waals surface area contributed by atoms with Gasteiger partial charge >= 0.3 is 0 Å². The fraction of sp³-hybridized carbons (Fsp3) is 0.182. The predicted octanol–water partition coefficient (Wildman–Crippen LogP) is 2.95. The van der Waals surface area contributed by atoms with Crippen LogP contribution in [0, 0.1) is 6.92 Å². The molecule has 3 nitrogen and oxygen atoms in total. The van der Waals surface area contributed by atoms with Crippen LogP contribution in [0.4, 0.5) is 0 Å². The predicted molar refractivity (Wildman–Crippen MR) is 66.2 cm³/mol. The quantitative estimate of drug-likeness (QED) is 0.897. The molecule has 84 valence electrons. The molecule has 1 aromatic heterocycles. The number of aromatic nitrogens is 2. The third kappa shape index (κ3) is 1.94. The molecule has 2 rings (SSSR count). The molecule has 16 heavy (non-hydrogen) atoms. The van der Waals surface area contributed by atoms with E-state index in [1.165, 1.54) is 0 Å². The van der Waals surface area contributed by atoms with Crippen molar-refractivity contribution in [1.29, 1.82) is 0 Å². The van der Waals surface area contributed by atoms with Gasteiger partial charge in [0.1, 0.15) is 5.69 Å². The van der Waals surface area contributed by atoms with Gasteiger partial charge in [0.25, 0.3) is 0 Å². The standard InChI is InChI=1S/C11H11Cl2N3/c1-7-8(5-14)6-16(15-7)11-9(12)3-2-4-10(11)13/h2-4,6H,5,14H2,1H3. The number of aryl methyl sites for hydroxylation is 1. The number of nitrogens with two attached hydrogens (primary N) is 1. The first-order chi connectivity index (χ1) is 7.63. The molecule has 0 amide bonds. The fourth-order valence-electron chi connectivity index (χ4n) is 1.52. The van der Waals surface area contributed by atoms with Crippen LogP contribution in [0.2, 0.25) is 10.0 Å². The minimum absolute atomic E-state index is 0.452. The first kappa shape index (κ1) is 11.5. The summed E-state index contributed by atoms with van der Waals surface area (Å²) in [5.41, 5.74) is 8.16. The van der Waals surface area contributed by atoms with Crippen LogP contribution < -0.4 is 5.73 Å². The molecule has 0 atom stereocenters. The summed E-state index contributed by atoms with van der Waals surface area (Å²) in [5, 5.41) is 5.48. The second-order valence-electron chi connectivity index (χ2n) is 3.46. The molecule has 0 aliphatic rings. The summed E-state index contributed by atoms with van der Waals surface area (Å²) in [6.07, 6.45) is 1.85. The lowest BCUT2D eigenvalue weighted by molar-refractivity contribution is 0.863. The minimum Gasteiger partial charge on any atom is -0.326 e. The summed E-state index contributed by atoms with van der Waals surface area (Å²) in [7, 11) is 0. The Morgan fingerprint density at radius 1 is 1.31 bits per heavy atom. The number of para-hydroxylation sites is 1. The molecule has 0 aliphatic heterocycles. The smallest absolute Gasteiger partial charge is 0.102 e. The molecule has 0 bridgehead atoms. The topological polar surface area (TPSA) is 43.8 Å². The summed E-state index contributed by atoms with van der Waals surface area (Å²) < 4.78 is 1.67. The van der Waals surface area contributed by atoms with E-state index in [0.29, 0.717) is 22.3 Å². The highest BCUT2D eigenvalue weighted by Crippen LogP contribution is 2.28. The summed E-state index contributed by atoms with van der Waals surface area (Å²) >= 11 is 12.2. The molecule has 0 radical (unpaired) electrons. The zero-order chi connectivity index (χ0) is 11.7. The maximum absolute atomic E-state index is 6.09. The van der Waals surface area contributed by atoms with Gasteiger partial charge in [-0.25, -0.2) is 4.68 Å². The van der Waals surface area contributed by atoms with Crippen LogP contribution in [0.5, 0.6) is 0 Å². The third-order valence-corrected chi connectivity index (χ3v) is 3.00. The molecular weight excluding hydrogens is 245 g/mol. The van der Waals surface area contributed by atoms with E-state index in [-0.39, 0.29) is 0 Å². The molecule has 1 heterocycles. The lowest BCUT2D eigenvalue weighted by Gasteiger charge is -2.05. The zero-order valence-corrected chi connectivity index (χ0v) is 10.3. The number of nitrogens with zero attached hydrogens (tertiary/aromatic N) is 2. The highest BCUT2D eigenvalue weighted by Gasteiger charge is 2.11. The zero-order valence-electron chi connectivity index (χ0n) is 8.74. The van der Waals surface area contributed by atoms with Crippen LogP contribution in [-0.2, 0) is 6.54 Å². The van der Waals surface area contributed by atoms with Gasteiger partial charge in [-0.05, 0) is 19.1 Å². The molecule has 0 spiro atoms. The monoisotopic (exact) mass is 255 g/mol. The molecule has 2 aromatic rings. The molecule has 0 saturated heterocycles. The Bertz CT molecular complexity index is 500. The van der Waals surface area contributed by atoms with Gasteiger partial charge in [0, 0.05) is 18.3 Å². The minimum atomic E-state index is 0.452. The van der Waals surface area contributed by atoms with Crippen LogP contribution in [0.25, 0.3) is 5.69 Å². The molecule has 0 fully saturated rings. The molecule has 2 N–H and O–H groups in total. The molecule has 0 aliphatic carbocycles. The van der Waals surface area contributed by atoms with Crippen LogP contribution >= 0.6 is 23.2 Å². The van der Waals surface area contributed by atoms with Gasteiger partial charge in [-0.2, -0.15) is 5.10 Å². The van der Waals surface area contributed by atoms with Crippen molar-refractivity contribution in [2.45, 2.75) is 13.5 Å². The number of hydrogen-bond acceptors (Lipinski definition) is 2. The van der Waals surface area contributed by atoms with Crippen LogP contribution in [-0.4, -0.2) is 9.78 Å². The maximum Gasteiger partial charge on any atom is 0.102 e. The van der Waals surface area contributed by atoms with Crippen LogP contribution in [0.1, 0.15) is 11.3 Å². The van der Waals surface area contributed by atoms with Crippen LogP contribution in [0.15, 0.2) is 24.4 Å². The number of halogens is 2. The Hall–Kier alpha value is -1.03. The van der Waals surface area contributed by atoms with Gasteiger partial charge in [-0.1, -0.05) is 29.3 Å². The first-order valence-corrected chi connectivity index (χ1v) is 5.58. The fourth-order valence-corrected chi connectivity index (χ4v) is 2.09. The van der Waals surface area contributed by atoms with Gasteiger partial charge in [0.15, 0.2) is 0 Å². The summed E-state index contributed by atoms with van der Waals surface area (Å²) in [6.45, 7) is 2.36. The van der Waals surface area contributed by atoms with E-state index >= 15 is 0 Å². The Morgan fingerprint density at radius 3 is 2.44 bits per heavy atom. The van der Waals surface area contributed by atoms with Crippen molar-refractivity contribution >= 4 is 23.2 Å². The molecule has 0 unspecified atom stereocenters. The first-order valence-electron chi connectivity index (χ1n) is 4.83. The molecule has 5 heteroatoms. The average molecular weight is 256 g/mol. The van der Waals surface area contributed by atoms with Crippen molar-refractivity contribution in [1.82, 2.24) is 9.78 Å². The van der Waals surface area contributed by atoms with Crippen molar-refractivity contribution in [2.75, 3.05) is 0 Å². The van der Waals surface area contributed by atoms with Crippen molar-refractivity contribution in [3.63, 3.8) is 0 Å². The number of benzene rings is 1. The van der Waals surface area contributed by atoms with Crippen molar-refractivity contribution < 1.29 is 0 Å². The lowest BCUT2D eigenvalue weighted by atomic mass is 10.3. The highest BCUT2D eigenvalue weighted by molar-refractivity contribution is 6.37. The van der Waals surface area contributed by atoms with E-state index in [2.05, 4.69) is 5.10 Å². The van der Waals surface area contributed by atoms with Gasteiger partial charge < -0.3 is 5.73 Å². The van der Waals surface area contributed by atoms with E-state index in [1.54, 1.807) is 22.9 Å². The van der Waals surface area contributed by atoms with E-state index in [9.17, 15) is 0 Å². The number of rotatable bonds is 2.